The number of rotatable bonds is 7. The van der Waals surface area contributed by atoms with Crippen LogP contribution in [0.25, 0.3) is 0 Å². The van der Waals surface area contributed by atoms with Crippen LogP contribution in [-0.2, 0) is 26.6 Å². The normalized spacial score (nSPS) is 16.8. The summed E-state index contributed by atoms with van der Waals surface area (Å²) in [6.07, 6.45) is 2.27. The Morgan fingerprint density at radius 3 is 2.48 bits per heavy atom. The van der Waals surface area contributed by atoms with Crippen LogP contribution < -0.4 is 5.32 Å². The average molecular weight is 448 g/mol. The van der Waals surface area contributed by atoms with Crippen molar-refractivity contribution in [1.29, 1.82) is 0 Å². The minimum atomic E-state index is -3.99. The minimum Gasteiger partial charge on any atom is -0.461 e. The molecule has 166 valence electrons. The van der Waals surface area contributed by atoms with E-state index in [4.69, 9.17) is 4.74 Å². The van der Waals surface area contributed by atoms with Crippen LogP contribution in [0.4, 0.5) is 5.69 Å². The van der Waals surface area contributed by atoms with Crippen LogP contribution >= 0.6 is 0 Å². The van der Waals surface area contributed by atoms with Gasteiger partial charge in [0.05, 0.1) is 6.61 Å². The van der Waals surface area contributed by atoms with Crippen LogP contribution in [0.1, 0.15) is 47.5 Å². The van der Waals surface area contributed by atoms with Crippen molar-refractivity contribution in [2.75, 3.05) is 18.5 Å². The first-order chi connectivity index (χ1) is 14.6. The number of esters is 1. The number of hydrogen-bond acceptors (Lipinski definition) is 6. The molecular weight excluding hydrogens is 422 g/mol. The minimum absolute atomic E-state index is 0.0661. The molecule has 0 radical (unpaired) electrons. The molecular formula is C21H25N3O6S. The Kier molecular flexibility index (Phi) is 6.61. The maximum Gasteiger partial charge on any atom is 0.354 e. The topological polar surface area (TPSA) is 115 Å². The second-order valence-corrected chi connectivity index (χ2v) is 9.18. The number of carbonyl (C=O) groups excluding carboxylic acids is 3. The van der Waals surface area contributed by atoms with E-state index in [-0.39, 0.29) is 29.5 Å². The predicted molar refractivity (Wildman–Crippen MR) is 113 cm³/mol. The van der Waals surface area contributed by atoms with Crippen LogP contribution in [0.5, 0.6) is 0 Å². The first-order valence-corrected chi connectivity index (χ1v) is 11.4. The summed E-state index contributed by atoms with van der Waals surface area (Å²) >= 11 is 0. The highest BCUT2D eigenvalue weighted by Crippen LogP contribution is 2.28. The number of carbonyl (C=O) groups is 3. The third kappa shape index (κ3) is 4.70. The SMILES string of the molecule is CCOC(=O)c1cc(S(=O)(=O)N2CCCC2C(=O)Nc2ccc(C(C)=O)cc2)cn1C. The molecule has 1 unspecified atom stereocenters. The highest BCUT2D eigenvalue weighted by atomic mass is 32.2. The number of Topliss-reactive ketones (excluding diaryl/α,β-unsaturated/α-hetero) is 1. The van der Waals surface area contributed by atoms with Crippen molar-refractivity contribution < 1.29 is 27.5 Å². The second kappa shape index (κ2) is 9.03. The van der Waals surface area contributed by atoms with E-state index in [1.54, 1.807) is 38.2 Å². The van der Waals surface area contributed by atoms with Gasteiger partial charge in [0, 0.05) is 31.0 Å². The van der Waals surface area contributed by atoms with Gasteiger partial charge in [-0.25, -0.2) is 13.2 Å². The molecule has 0 saturated carbocycles. The van der Waals surface area contributed by atoms with Gasteiger partial charge in [0.25, 0.3) is 0 Å². The molecule has 0 spiro atoms. The van der Waals surface area contributed by atoms with Crippen molar-refractivity contribution in [1.82, 2.24) is 8.87 Å². The number of anilines is 1. The molecule has 2 heterocycles. The van der Waals surface area contributed by atoms with Gasteiger partial charge >= 0.3 is 5.97 Å². The fourth-order valence-electron chi connectivity index (χ4n) is 3.52. The largest absolute Gasteiger partial charge is 0.461 e. The van der Waals surface area contributed by atoms with Crippen LogP contribution in [0.3, 0.4) is 0 Å². The lowest BCUT2D eigenvalue weighted by molar-refractivity contribution is -0.119. The number of sulfonamides is 1. The summed E-state index contributed by atoms with van der Waals surface area (Å²) in [4.78, 5) is 36.2. The van der Waals surface area contributed by atoms with Crippen molar-refractivity contribution in [2.24, 2.45) is 7.05 Å². The molecule has 1 aliphatic rings. The van der Waals surface area contributed by atoms with Gasteiger partial charge in [-0.2, -0.15) is 4.31 Å². The van der Waals surface area contributed by atoms with E-state index in [9.17, 15) is 22.8 Å². The summed E-state index contributed by atoms with van der Waals surface area (Å²) < 4.78 is 33.9. The zero-order chi connectivity index (χ0) is 22.8. The molecule has 1 N–H and O–H groups in total. The Hall–Kier alpha value is -2.98. The van der Waals surface area contributed by atoms with E-state index in [0.29, 0.717) is 24.1 Å². The summed E-state index contributed by atoms with van der Waals surface area (Å²) in [6.45, 7) is 3.49. The Labute approximate surface area is 181 Å². The molecule has 31 heavy (non-hydrogen) atoms. The zero-order valence-corrected chi connectivity index (χ0v) is 18.4. The van der Waals surface area contributed by atoms with Crippen molar-refractivity contribution >= 4 is 33.4 Å². The van der Waals surface area contributed by atoms with Gasteiger partial charge in [-0.15, -0.1) is 0 Å². The maximum atomic E-state index is 13.2. The molecule has 1 saturated heterocycles. The van der Waals surface area contributed by atoms with Crippen molar-refractivity contribution in [2.45, 2.75) is 37.6 Å². The van der Waals surface area contributed by atoms with E-state index < -0.39 is 27.9 Å². The number of nitrogens with zero attached hydrogens (tertiary/aromatic N) is 2. The number of aryl methyl sites for hydroxylation is 1. The monoisotopic (exact) mass is 447 g/mol. The molecule has 3 rings (SSSR count). The number of nitrogens with one attached hydrogen (secondary N) is 1. The van der Waals surface area contributed by atoms with E-state index in [0.717, 1.165) is 4.31 Å². The number of amides is 1. The number of aromatic nitrogens is 1. The molecule has 1 atom stereocenters. The smallest absolute Gasteiger partial charge is 0.354 e. The quantitative estimate of drug-likeness (QED) is 0.514. The average Bonchev–Trinajstić information content (AvgIpc) is 3.36. The Morgan fingerprint density at radius 2 is 1.87 bits per heavy atom. The number of ketones is 1. The van der Waals surface area contributed by atoms with Gasteiger partial charge in [0.2, 0.25) is 15.9 Å². The Morgan fingerprint density at radius 1 is 1.19 bits per heavy atom. The molecule has 1 aromatic carbocycles. The first-order valence-electron chi connectivity index (χ1n) is 9.92. The van der Waals surface area contributed by atoms with Crippen LogP contribution in [0, 0.1) is 0 Å². The highest BCUT2D eigenvalue weighted by molar-refractivity contribution is 7.89. The lowest BCUT2D eigenvalue weighted by atomic mass is 10.1. The summed E-state index contributed by atoms with van der Waals surface area (Å²) in [6, 6.07) is 6.80. The first kappa shape index (κ1) is 22.7. The van der Waals surface area contributed by atoms with Crippen molar-refractivity contribution in [3.05, 3.63) is 47.8 Å². The molecule has 0 bridgehead atoms. The van der Waals surface area contributed by atoms with Gasteiger partial charge < -0.3 is 14.6 Å². The van der Waals surface area contributed by atoms with E-state index in [1.807, 2.05) is 0 Å². The standard InChI is InChI=1S/C21H25N3O6S/c1-4-30-21(27)19-12-17(13-23(19)3)31(28,29)24-11-5-6-18(24)20(26)22-16-9-7-15(8-10-16)14(2)25/h7-10,12-13,18H,4-6,11H2,1-3H3,(H,22,26). The Bertz CT molecular complexity index is 1100. The van der Waals surface area contributed by atoms with Crippen LogP contribution in [-0.4, -0.2) is 54.1 Å². The van der Waals surface area contributed by atoms with E-state index in [1.165, 1.54) is 23.8 Å². The third-order valence-corrected chi connectivity index (χ3v) is 7.01. The lowest BCUT2D eigenvalue weighted by Gasteiger charge is -2.23. The lowest BCUT2D eigenvalue weighted by Crippen LogP contribution is -2.43. The molecule has 1 aromatic heterocycles. The van der Waals surface area contributed by atoms with Gasteiger partial charge in [-0.05, 0) is 57.0 Å². The van der Waals surface area contributed by atoms with Crippen molar-refractivity contribution in [3.8, 4) is 0 Å². The Balaban J connectivity index is 1.80. The van der Waals surface area contributed by atoms with E-state index in [2.05, 4.69) is 5.32 Å². The fourth-order valence-corrected chi connectivity index (χ4v) is 5.25. The van der Waals surface area contributed by atoms with Gasteiger partial charge in [-0.1, -0.05) is 0 Å². The highest BCUT2D eigenvalue weighted by Gasteiger charge is 2.40. The van der Waals surface area contributed by atoms with Crippen LogP contribution in [0.2, 0.25) is 0 Å². The maximum absolute atomic E-state index is 13.2. The van der Waals surface area contributed by atoms with Gasteiger partial charge in [0.15, 0.2) is 5.78 Å². The number of hydrogen-bond donors (Lipinski definition) is 1. The number of ether oxygens (including phenoxy) is 1. The molecule has 0 aliphatic carbocycles. The van der Waals surface area contributed by atoms with E-state index >= 15 is 0 Å². The summed E-state index contributed by atoms with van der Waals surface area (Å²) in [5, 5.41) is 2.72. The summed E-state index contributed by atoms with van der Waals surface area (Å²) in [5.41, 5.74) is 1.11. The number of benzene rings is 1. The van der Waals surface area contributed by atoms with Crippen LogP contribution in [0.15, 0.2) is 41.4 Å². The molecule has 2 aromatic rings. The molecule has 1 aliphatic heterocycles. The molecule has 1 fully saturated rings. The fraction of sp³-hybridized carbons (Fsp3) is 0.381. The van der Waals surface area contributed by atoms with Gasteiger partial charge in [-0.3, -0.25) is 9.59 Å². The molecule has 10 heteroatoms. The van der Waals surface area contributed by atoms with Gasteiger partial charge in [0.1, 0.15) is 16.6 Å². The predicted octanol–water partition coefficient (Wildman–Crippen LogP) is 2.20. The third-order valence-electron chi connectivity index (χ3n) is 5.14. The summed E-state index contributed by atoms with van der Waals surface area (Å²) in [5.74, 6) is -1.15. The molecule has 9 nitrogen and oxygen atoms in total. The summed E-state index contributed by atoms with van der Waals surface area (Å²) in [7, 11) is -2.43. The zero-order valence-electron chi connectivity index (χ0n) is 17.6. The second-order valence-electron chi connectivity index (χ2n) is 7.29. The van der Waals surface area contributed by atoms with Crippen molar-refractivity contribution in [3.63, 3.8) is 0 Å². The molecule has 1 amide bonds.